The maximum atomic E-state index is 11.1. The number of aldehydes is 1. The third-order valence-corrected chi connectivity index (χ3v) is 8.60. The van der Waals surface area contributed by atoms with Gasteiger partial charge in [0.15, 0.2) is 23.5 Å². The van der Waals surface area contributed by atoms with Crippen LogP contribution in [-0.4, -0.2) is 28.8 Å². The van der Waals surface area contributed by atoms with Crippen LogP contribution in [0.4, 0.5) is 0 Å². The Morgan fingerprint density at radius 3 is 2.10 bits per heavy atom. The average molecular weight is 331 g/mol. The molecule has 1 aromatic carbocycles. The van der Waals surface area contributed by atoms with Gasteiger partial charge in [0.1, 0.15) is 0 Å². The predicted octanol–water partition coefficient (Wildman–Crippen LogP) is 4.55. The largest absolute Gasteiger partial charge is 0.538 e. The molecule has 0 bridgehead atoms. The summed E-state index contributed by atoms with van der Waals surface area (Å²) in [6.45, 7) is 10.7. The number of benzene rings is 1. The molecule has 1 rings (SSSR count). The highest BCUT2D eigenvalue weighted by Crippen LogP contribution is 2.48. The fraction of sp³-hybridized carbons (Fsp3) is 0.533. The Bertz CT molecular complexity index is 535. The van der Waals surface area contributed by atoms with Crippen LogP contribution in [0.5, 0.6) is 17.2 Å². The van der Waals surface area contributed by atoms with Crippen LogP contribution in [0.25, 0.3) is 0 Å². The molecule has 1 aromatic rings. The number of ether oxygens (including phenoxy) is 2. The molecule has 0 spiro atoms. The lowest BCUT2D eigenvalue weighted by atomic mass is 10.2. The molecule has 0 aliphatic carbocycles. The van der Waals surface area contributed by atoms with Gasteiger partial charge >= 0.3 is 0 Å². The second kappa shape index (κ2) is 6.28. The van der Waals surface area contributed by atoms with Crippen molar-refractivity contribution in [3.05, 3.63) is 16.7 Å². The van der Waals surface area contributed by atoms with E-state index in [0.717, 1.165) is 0 Å². The predicted molar refractivity (Wildman–Crippen MR) is 87.8 cm³/mol. The van der Waals surface area contributed by atoms with Gasteiger partial charge in [-0.3, -0.25) is 4.79 Å². The third-order valence-electron chi connectivity index (χ3n) is 3.88. The number of carbonyl (C=O) groups excluding carboxylic acids is 1. The van der Waals surface area contributed by atoms with Gasteiger partial charge in [0.05, 0.1) is 19.2 Å². The molecule has 21 heavy (non-hydrogen) atoms. The van der Waals surface area contributed by atoms with Crippen LogP contribution in [0.2, 0.25) is 23.2 Å². The molecule has 0 saturated heterocycles. The monoisotopic (exact) mass is 330 g/mol. The van der Waals surface area contributed by atoms with E-state index < -0.39 is 8.32 Å². The number of hydrogen-bond acceptors (Lipinski definition) is 4. The first-order chi connectivity index (χ1) is 9.59. The van der Waals surface area contributed by atoms with Crippen LogP contribution in [0, 0.1) is 0 Å². The maximum Gasteiger partial charge on any atom is 0.250 e. The van der Waals surface area contributed by atoms with Crippen molar-refractivity contribution in [1.82, 2.24) is 0 Å². The van der Waals surface area contributed by atoms with Gasteiger partial charge in [-0.1, -0.05) is 32.4 Å². The molecule has 0 heterocycles. The van der Waals surface area contributed by atoms with Gasteiger partial charge < -0.3 is 13.9 Å². The summed E-state index contributed by atoms with van der Waals surface area (Å²) in [7, 11) is 0.919. The zero-order valence-corrected chi connectivity index (χ0v) is 15.4. The molecular weight excluding hydrogens is 308 g/mol. The number of halogens is 1. The molecule has 4 nitrogen and oxygen atoms in total. The Kier molecular flexibility index (Phi) is 5.33. The van der Waals surface area contributed by atoms with Gasteiger partial charge in [0.25, 0.3) is 8.32 Å². The molecule has 0 atom stereocenters. The van der Waals surface area contributed by atoms with E-state index in [2.05, 4.69) is 33.9 Å². The van der Waals surface area contributed by atoms with Gasteiger partial charge in [-0.25, -0.2) is 0 Å². The van der Waals surface area contributed by atoms with E-state index in [1.165, 1.54) is 14.2 Å². The van der Waals surface area contributed by atoms with Crippen LogP contribution < -0.4 is 13.9 Å². The van der Waals surface area contributed by atoms with Crippen molar-refractivity contribution in [2.75, 3.05) is 14.2 Å². The number of rotatable bonds is 5. The molecule has 6 heteroatoms. The minimum absolute atomic E-state index is 0.0127. The average Bonchev–Trinajstić information content (AvgIpc) is 2.38. The molecular formula is C15H23ClO4Si. The lowest BCUT2D eigenvalue weighted by Gasteiger charge is -2.37. The molecule has 0 N–H and O–H groups in total. The van der Waals surface area contributed by atoms with Crippen molar-refractivity contribution in [3.63, 3.8) is 0 Å². The Hall–Kier alpha value is -1.20. The summed E-state index contributed by atoms with van der Waals surface area (Å²) in [6, 6.07) is 1.57. The summed E-state index contributed by atoms with van der Waals surface area (Å²) in [4.78, 5) is 11.1. The first kappa shape index (κ1) is 17.8. The Balaban J connectivity index is 3.48. The van der Waals surface area contributed by atoms with E-state index in [9.17, 15) is 4.79 Å². The smallest absolute Gasteiger partial charge is 0.250 e. The van der Waals surface area contributed by atoms with Gasteiger partial charge in [-0.15, -0.1) is 0 Å². The van der Waals surface area contributed by atoms with E-state index in [-0.39, 0.29) is 10.1 Å². The van der Waals surface area contributed by atoms with Crippen molar-refractivity contribution < 1.29 is 18.7 Å². The van der Waals surface area contributed by atoms with Crippen LogP contribution in [0.1, 0.15) is 31.1 Å². The number of carbonyl (C=O) groups is 1. The quantitative estimate of drug-likeness (QED) is 0.586. The zero-order chi connectivity index (χ0) is 16.4. The van der Waals surface area contributed by atoms with E-state index in [1.807, 2.05) is 0 Å². The van der Waals surface area contributed by atoms with E-state index in [0.29, 0.717) is 29.1 Å². The molecule has 0 saturated carbocycles. The molecule has 0 fully saturated rings. The minimum atomic E-state index is -2.10. The highest BCUT2D eigenvalue weighted by atomic mass is 35.5. The highest BCUT2D eigenvalue weighted by molar-refractivity contribution is 6.74. The third kappa shape index (κ3) is 3.52. The van der Waals surface area contributed by atoms with E-state index in [4.69, 9.17) is 25.5 Å². The minimum Gasteiger partial charge on any atom is -0.538 e. The topological polar surface area (TPSA) is 44.8 Å². The number of hydrogen-bond donors (Lipinski definition) is 0. The van der Waals surface area contributed by atoms with Crippen molar-refractivity contribution >= 4 is 26.2 Å². The molecule has 0 aliphatic rings. The molecule has 0 unspecified atom stereocenters. The summed E-state index contributed by atoms with van der Waals surface area (Å²) < 4.78 is 17.0. The van der Waals surface area contributed by atoms with Crippen molar-refractivity contribution in [1.29, 1.82) is 0 Å². The van der Waals surface area contributed by atoms with Crippen molar-refractivity contribution in [3.8, 4) is 17.2 Å². The van der Waals surface area contributed by atoms with Crippen LogP contribution in [0.15, 0.2) is 6.07 Å². The van der Waals surface area contributed by atoms with Gasteiger partial charge in [-0.05, 0) is 24.2 Å². The second-order valence-electron chi connectivity index (χ2n) is 6.32. The maximum absolute atomic E-state index is 11.1. The molecule has 0 aromatic heterocycles. The number of methoxy groups -OCH3 is 2. The summed E-state index contributed by atoms with van der Waals surface area (Å²) in [6.07, 6.45) is 0.670. The fourth-order valence-electron chi connectivity index (χ4n) is 1.54. The Morgan fingerprint density at radius 1 is 1.14 bits per heavy atom. The first-order valence-electron chi connectivity index (χ1n) is 6.67. The van der Waals surface area contributed by atoms with Crippen LogP contribution in [0.3, 0.4) is 0 Å². The van der Waals surface area contributed by atoms with Crippen LogP contribution >= 0.6 is 11.6 Å². The Morgan fingerprint density at radius 2 is 1.71 bits per heavy atom. The SMILES string of the molecule is COc1cc(C=O)c(Cl)c(OC)c1O[Si](C)(C)C(C)(C)C. The standard InChI is InChI=1S/C15H23ClO4Si/c1-15(2,3)21(6,7)20-13-11(18-4)8-10(9-17)12(16)14(13)19-5/h8-9H,1-7H3. The Labute approximate surface area is 132 Å². The highest BCUT2D eigenvalue weighted by Gasteiger charge is 2.40. The molecule has 0 radical (unpaired) electrons. The summed E-state index contributed by atoms with van der Waals surface area (Å²) >= 11 is 6.21. The lowest BCUT2D eigenvalue weighted by molar-refractivity contribution is 0.112. The van der Waals surface area contributed by atoms with E-state index in [1.54, 1.807) is 6.07 Å². The lowest BCUT2D eigenvalue weighted by Crippen LogP contribution is -2.44. The van der Waals surface area contributed by atoms with Crippen LogP contribution in [-0.2, 0) is 0 Å². The fourth-order valence-corrected chi connectivity index (χ4v) is 2.81. The van der Waals surface area contributed by atoms with E-state index >= 15 is 0 Å². The first-order valence-corrected chi connectivity index (χ1v) is 9.96. The second-order valence-corrected chi connectivity index (χ2v) is 11.4. The van der Waals surface area contributed by atoms with Crippen molar-refractivity contribution in [2.24, 2.45) is 0 Å². The normalized spacial score (nSPS) is 12.0. The summed E-state index contributed by atoms with van der Waals surface area (Å²) in [5.41, 5.74) is 0.313. The summed E-state index contributed by atoms with van der Waals surface area (Å²) in [5.74, 6) is 1.24. The summed E-state index contributed by atoms with van der Waals surface area (Å²) in [5, 5.41) is 0.251. The van der Waals surface area contributed by atoms with Gasteiger partial charge in [0.2, 0.25) is 0 Å². The van der Waals surface area contributed by atoms with Gasteiger partial charge in [-0.2, -0.15) is 0 Å². The van der Waals surface area contributed by atoms with Crippen molar-refractivity contribution in [2.45, 2.75) is 38.9 Å². The zero-order valence-electron chi connectivity index (χ0n) is 13.7. The van der Waals surface area contributed by atoms with Gasteiger partial charge in [0, 0.05) is 5.56 Å². The molecule has 0 amide bonds. The molecule has 118 valence electrons. The molecule has 0 aliphatic heterocycles.